The number of aromatic nitrogens is 3. The van der Waals surface area contributed by atoms with Crippen molar-refractivity contribution < 1.29 is 15.0 Å². The number of aliphatic hydroxyl groups is 1. The highest BCUT2D eigenvalue weighted by Crippen LogP contribution is 2.26. The first-order valence-electron chi connectivity index (χ1n) is 12.6. The van der Waals surface area contributed by atoms with Crippen LogP contribution in [0.25, 0.3) is 32.7 Å². The molecule has 0 unspecified atom stereocenters. The normalized spacial score (nSPS) is 10.2. The number of H-pyrrole nitrogens is 1. The molecule has 0 aliphatic rings. The predicted molar refractivity (Wildman–Crippen MR) is 159 cm³/mol. The van der Waals surface area contributed by atoms with Gasteiger partial charge in [-0.05, 0) is 56.3 Å². The van der Waals surface area contributed by atoms with Crippen LogP contribution in [0.15, 0.2) is 91.4 Å². The third-order valence-corrected chi connectivity index (χ3v) is 6.28. The van der Waals surface area contributed by atoms with Crippen LogP contribution < -0.4 is 5.73 Å². The van der Waals surface area contributed by atoms with Gasteiger partial charge in [0.15, 0.2) is 0 Å². The number of benzene rings is 3. The van der Waals surface area contributed by atoms with E-state index < -0.39 is 0 Å². The molecule has 0 spiro atoms. The minimum Gasteiger partial charge on any atom is -0.400 e. The number of rotatable bonds is 4. The number of nitro benzene ring substituents is 2. The van der Waals surface area contributed by atoms with Crippen molar-refractivity contribution in [1.82, 2.24) is 14.1 Å². The average Bonchev–Trinajstić information content (AvgIpc) is 3.72. The minimum absolute atomic E-state index is 0.147. The van der Waals surface area contributed by atoms with E-state index >= 15 is 0 Å². The van der Waals surface area contributed by atoms with Crippen molar-refractivity contribution in [2.24, 2.45) is 0 Å². The number of nitro groups is 2. The maximum Gasteiger partial charge on any atom is 0.278 e. The van der Waals surface area contributed by atoms with Crippen molar-refractivity contribution in [2.75, 3.05) is 12.8 Å². The number of nitrogens with zero attached hydrogens (tertiary/aromatic N) is 4. The maximum atomic E-state index is 10.7. The minimum atomic E-state index is -0.379. The summed E-state index contributed by atoms with van der Waals surface area (Å²) in [6.45, 7) is 5.96. The second kappa shape index (κ2) is 13.6. The van der Waals surface area contributed by atoms with E-state index in [1.165, 1.54) is 17.6 Å². The van der Waals surface area contributed by atoms with Crippen molar-refractivity contribution in [1.29, 1.82) is 0 Å². The van der Waals surface area contributed by atoms with E-state index in [4.69, 9.17) is 10.8 Å². The molecule has 0 amide bonds. The molecule has 4 N–H and O–H groups in total. The average molecular weight is 545 g/mol. The summed E-state index contributed by atoms with van der Waals surface area (Å²) >= 11 is 0. The standard InChI is InChI=1S/C10H10N2O2.C10H12N2.C8H6N2O2.CH4O/c1-2-11-7-6-8-9(11)4-3-5-10(8)12(13)14;1-2-12-7-6-8-9(11)4-3-5-10(8)12;11-10(12)8-3-1-2-7-6(8)4-5-9-7;1-2/h3-7H,2H2,1H3;3-7H,2,11H2,1H3;1-5,9H;2H,1H3. The first-order chi connectivity index (χ1) is 19.3. The van der Waals surface area contributed by atoms with Gasteiger partial charge in [0.25, 0.3) is 11.4 Å². The zero-order valence-corrected chi connectivity index (χ0v) is 22.5. The van der Waals surface area contributed by atoms with Crippen LogP contribution in [0.2, 0.25) is 0 Å². The van der Waals surface area contributed by atoms with E-state index in [1.54, 1.807) is 30.5 Å². The Kier molecular flexibility index (Phi) is 9.98. The SMILES string of the molecule is CCn1ccc2c(N)cccc21.CCn1ccc2c([N+](=O)[O-])cccc21.CO.O=[N+]([O-])c1cccc2[nH]ccc12. The topological polar surface area (TPSA) is 158 Å². The quantitative estimate of drug-likeness (QED) is 0.131. The number of nitrogen functional groups attached to an aromatic ring is 1. The summed E-state index contributed by atoms with van der Waals surface area (Å²) in [5, 5.41) is 30.7. The number of hydrogen-bond acceptors (Lipinski definition) is 6. The molecule has 0 saturated heterocycles. The molecule has 11 heteroatoms. The number of fused-ring (bicyclic) bond motifs is 3. The van der Waals surface area contributed by atoms with Crippen molar-refractivity contribution in [3.8, 4) is 0 Å². The smallest absolute Gasteiger partial charge is 0.278 e. The molecule has 3 aromatic heterocycles. The molecular formula is C29H32N6O5. The highest BCUT2D eigenvalue weighted by molar-refractivity contribution is 5.91. The monoisotopic (exact) mass is 544 g/mol. The second-order valence-electron chi connectivity index (χ2n) is 8.42. The fourth-order valence-electron chi connectivity index (χ4n) is 4.39. The van der Waals surface area contributed by atoms with Gasteiger partial charge in [0.1, 0.15) is 0 Å². The number of anilines is 1. The van der Waals surface area contributed by atoms with Crippen LogP contribution in [0.3, 0.4) is 0 Å². The van der Waals surface area contributed by atoms with Gasteiger partial charge in [-0.15, -0.1) is 0 Å². The Bertz CT molecular complexity index is 1730. The molecule has 0 saturated carbocycles. The maximum absolute atomic E-state index is 10.7. The van der Waals surface area contributed by atoms with E-state index in [-0.39, 0.29) is 21.2 Å². The molecule has 0 bridgehead atoms. The molecule has 6 rings (SSSR count). The molecule has 0 atom stereocenters. The largest absolute Gasteiger partial charge is 0.400 e. The first kappa shape index (κ1) is 29.4. The number of nitrogens with one attached hydrogen (secondary N) is 1. The summed E-state index contributed by atoms with van der Waals surface area (Å²) in [5.41, 5.74) is 9.93. The molecule has 11 nitrogen and oxygen atoms in total. The molecule has 0 aliphatic heterocycles. The molecule has 3 aromatic carbocycles. The van der Waals surface area contributed by atoms with Gasteiger partial charge in [0.05, 0.1) is 37.2 Å². The van der Waals surface area contributed by atoms with Gasteiger partial charge >= 0.3 is 0 Å². The van der Waals surface area contributed by atoms with Crippen LogP contribution in [-0.4, -0.2) is 36.2 Å². The highest BCUT2D eigenvalue weighted by Gasteiger charge is 2.13. The van der Waals surface area contributed by atoms with Crippen molar-refractivity contribution in [3.05, 3.63) is 112 Å². The van der Waals surface area contributed by atoms with Gasteiger partial charge in [-0.25, -0.2) is 0 Å². The zero-order chi connectivity index (χ0) is 29.2. The number of aliphatic hydroxyl groups excluding tert-OH is 1. The van der Waals surface area contributed by atoms with Crippen LogP contribution in [-0.2, 0) is 13.1 Å². The van der Waals surface area contributed by atoms with E-state index in [2.05, 4.69) is 34.8 Å². The van der Waals surface area contributed by atoms with E-state index in [0.717, 1.165) is 42.3 Å². The Balaban J connectivity index is 0.000000161. The lowest BCUT2D eigenvalue weighted by Gasteiger charge is -2.00. The molecule has 6 aromatic rings. The summed E-state index contributed by atoms with van der Waals surface area (Å²) in [7, 11) is 1.00. The summed E-state index contributed by atoms with van der Waals surface area (Å²) < 4.78 is 4.17. The molecule has 0 fully saturated rings. The van der Waals surface area contributed by atoms with Crippen LogP contribution >= 0.6 is 0 Å². The van der Waals surface area contributed by atoms with Crippen LogP contribution in [0, 0.1) is 20.2 Å². The van der Waals surface area contributed by atoms with Gasteiger partial charge in [-0.3, -0.25) is 20.2 Å². The number of nitrogens with two attached hydrogens (primary N) is 1. The summed E-state index contributed by atoms with van der Waals surface area (Å²) in [4.78, 5) is 23.4. The van der Waals surface area contributed by atoms with Gasteiger partial charge in [-0.2, -0.15) is 0 Å². The number of non-ortho nitro benzene ring substituents is 2. The highest BCUT2D eigenvalue weighted by atomic mass is 16.6. The van der Waals surface area contributed by atoms with E-state index in [0.29, 0.717) is 10.8 Å². The summed E-state index contributed by atoms with van der Waals surface area (Å²) in [6.07, 6.45) is 5.64. The summed E-state index contributed by atoms with van der Waals surface area (Å²) in [6, 6.07) is 21.7. The van der Waals surface area contributed by atoms with E-state index in [1.807, 2.05) is 42.0 Å². The zero-order valence-electron chi connectivity index (χ0n) is 22.5. The molecule has 208 valence electrons. The molecule has 0 radical (unpaired) electrons. The van der Waals surface area contributed by atoms with Crippen LogP contribution in [0.4, 0.5) is 17.1 Å². The Morgan fingerprint density at radius 1 is 0.725 bits per heavy atom. The van der Waals surface area contributed by atoms with Gasteiger partial charge in [-0.1, -0.05) is 18.2 Å². The van der Waals surface area contributed by atoms with Crippen molar-refractivity contribution >= 4 is 49.8 Å². The third kappa shape index (κ3) is 6.27. The van der Waals surface area contributed by atoms with Gasteiger partial charge in [0.2, 0.25) is 0 Å². The van der Waals surface area contributed by atoms with Gasteiger partial charge < -0.3 is 25.0 Å². The Labute approximate surface area is 230 Å². The van der Waals surface area contributed by atoms with Gasteiger partial charge in [0, 0.05) is 62.0 Å². The van der Waals surface area contributed by atoms with Crippen molar-refractivity contribution in [2.45, 2.75) is 26.9 Å². The Morgan fingerprint density at radius 3 is 1.80 bits per heavy atom. The lowest BCUT2D eigenvalue weighted by molar-refractivity contribution is -0.383. The molecule has 0 aliphatic carbocycles. The van der Waals surface area contributed by atoms with E-state index in [9.17, 15) is 20.2 Å². The number of aromatic amines is 1. The lowest BCUT2D eigenvalue weighted by Crippen LogP contribution is -1.92. The predicted octanol–water partition coefficient (Wildman–Crippen LogP) is 6.50. The second-order valence-corrected chi connectivity index (χ2v) is 8.42. The third-order valence-electron chi connectivity index (χ3n) is 6.28. The molecular weight excluding hydrogens is 512 g/mol. The van der Waals surface area contributed by atoms with Crippen LogP contribution in [0.5, 0.6) is 0 Å². The fraction of sp³-hybridized carbons (Fsp3) is 0.172. The first-order valence-corrected chi connectivity index (χ1v) is 12.6. The number of aryl methyl sites for hydroxylation is 2. The summed E-state index contributed by atoms with van der Waals surface area (Å²) in [5.74, 6) is 0. The Morgan fingerprint density at radius 2 is 1.23 bits per heavy atom. The van der Waals surface area contributed by atoms with Crippen LogP contribution in [0.1, 0.15) is 13.8 Å². The molecule has 40 heavy (non-hydrogen) atoms. The lowest BCUT2D eigenvalue weighted by atomic mass is 10.2. The Hall–Kier alpha value is -5.16. The molecule has 3 heterocycles. The van der Waals surface area contributed by atoms with Crippen molar-refractivity contribution in [3.63, 3.8) is 0 Å². The number of hydrogen-bond donors (Lipinski definition) is 3. The fourth-order valence-corrected chi connectivity index (χ4v) is 4.39.